The van der Waals surface area contributed by atoms with Gasteiger partial charge in [-0.25, -0.2) is 0 Å². The minimum absolute atomic E-state index is 0.169. The molecule has 3 heterocycles. The maximum atomic E-state index is 12.7. The fourth-order valence-corrected chi connectivity index (χ4v) is 4.27. The van der Waals surface area contributed by atoms with Crippen LogP contribution in [0, 0.1) is 5.92 Å². The fourth-order valence-electron chi connectivity index (χ4n) is 4.27. The lowest BCUT2D eigenvalue weighted by atomic mass is 9.75. The molecule has 1 aliphatic carbocycles. The van der Waals surface area contributed by atoms with Gasteiger partial charge in [-0.15, -0.1) is 0 Å². The Balaban J connectivity index is 1.37. The Bertz CT molecular complexity index is 410. The molecule has 4 nitrogen and oxygen atoms in total. The summed E-state index contributed by atoms with van der Waals surface area (Å²) < 4.78 is 0. The van der Waals surface area contributed by atoms with Gasteiger partial charge in [-0.1, -0.05) is 0 Å². The molecule has 4 rings (SSSR count). The first-order valence-electron chi connectivity index (χ1n) is 8.42. The second-order valence-electron chi connectivity index (χ2n) is 7.60. The topological polar surface area (TPSA) is 45.5 Å². The maximum absolute atomic E-state index is 12.7. The van der Waals surface area contributed by atoms with E-state index in [2.05, 4.69) is 29.0 Å². The number of carbonyl (C=O) groups is 1. The lowest BCUT2D eigenvalue weighted by Gasteiger charge is -2.57. The first kappa shape index (κ1) is 13.1. The monoisotopic (exact) mass is 277 g/mol. The summed E-state index contributed by atoms with van der Waals surface area (Å²) in [6.07, 6.45) is 6.24. The van der Waals surface area contributed by atoms with E-state index in [1.807, 2.05) is 0 Å². The summed E-state index contributed by atoms with van der Waals surface area (Å²) in [6.45, 7) is 7.86. The van der Waals surface area contributed by atoms with E-state index in [9.17, 15) is 4.79 Å². The van der Waals surface area contributed by atoms with Crippen LogP contribution in [0.15, 0.2) is 0 Å². The average Bonchev–Trinajstić information content (AvgIpc) is 3.27. The molecule has 1 spiro atoms. The Kier molecular flexibility index (Phi) is 2.90. The fraction of sp³-hybridized carbons (Fsp3) is 0.938. The number of nitrogens with zero attached hydrogens (tertiary/aromatic N) is 2. The zero-order valence-electron chi connectivity index (χ0n) is 12.8. The van der Waals surface area contributed by atoms with Crippen molar-refractivity contribution in [2.75, 3.05) is 19.6 Å². The van der Waals surface area contributed by atoms with Crippen LogP contribution in [0.1, 0.15) is 46.0 Å². The molecule has 20 heavy (non-hydrogen) atoms. The Labute approximate surface area is 121 Å². The van der Waals surface area contributed by atoms with Gasteiger partial charge in [-0.3, -0.25) is 10.1 Å². The molecule has 0 radical (unpaired) electrons. The molecule has 1 N–H and O–H groups in total. The van der Waals surface area contributed by atoms with Crippen LogP contribution in [0.4, 0.5) is 0 Å². The SMILES string of the molecule is CC(C)N1CCC2(CC1)CCN2C(=O)[C@@H]1N[C@H]1C1CC1. The summed E-state index contributed by atoms with van der Waals surface area (Å²) in [5.74, 6) is 1.22. The van der Waals surface area contributed by atoms with Crippen LogP contribution in [-0.2, 0) is 4.79 Å². The summed E-state index contributed by atoms with van der Waals surface area (Å²) in [4.78, 5) is 17.4. The quantitative estimate of drug-likeness (QED) is 0.789. The standard InChI is InChI=1S/C16H27N3O/c1-11(2)18-8-5-16(6-9-18)7-10-19(16)15(20)14-13(17-14)12-3-4-12/h11-14,17H,3-10H2,1-2H3/t13-,14+/m0/s1. The molecule has 0 aromatic heterocycles. The summed E-state index contributed by atoms with van der Waals surface area (Å²) >= 11 is 0. The number of piperidine rings is 1. The predicted molar refractivity (Wildman–Crippen MR) is 78.4 cm³/mol. The highest BCUT2D eigenvalue weighted by Gasteiger charge is 2.57. The minimum atomic E-state index is 0.169. The molecule has 4 aliphatic rings. The van der Waals surface area contributed by atoms with Gasteiger partial charge < -0.3 is 9.80 Å². The van der Waals surface area contributed by atoms with Crippen molar-refractivity contribution in [2.45, 2.75) is 69.6 Å². The van der Waals surface area contributed by atoms with Gasteiger partial charge in [0.25, 0.3) is 0 Å². The Morgan fingerprint density at radius 1 is 1.15 bits per heavy atom. The molecule has 0 aromatic carbocycles. The van der Waals surface area contributed by atoms with Crippen LogP contribution in [0.5, 0.6) is 0 Å². The van der Waals surface area contributed by atoms with Gasteiger partial charge in [-0.2, -0.15) is 0 Å². The predicted octanol–water partition coefficient (Wildman–Crippen LogP) is 1.21. The minimum Gasteiger partial charge on any atom is -0.335 e. The highest BCUT2D eigenvalue weighted by molar-refractivity contribution is 5.87. The van der Waals surface area contributed by atoms with Crippen molar-refractivity contribution in [2.24, 2.45) is 5.92 Å². The average molecular weight is 277 g/mol. The van der Waals surface area contributed by atoms with Crippen LogP contribution >= 0.6 is 0 Å². The van der Waals surface area contributed by atoms with Crippen molar-refractivity contribution in [1.82, 2.24) is 15.1 Å². The van der Waals surface area contributed by atoms with Crippen molar-refractivity contribution < 1.29 is 4.79 Å². The lowest BCUT2D eigenvalue weighted by molar-refractivity contribution is -0.152. The van der Waals surface area contributed by atoms with E-state index in [0.717, 1.165) is 25.6 Å². The molecule has 4 fully saturated rings. The Hall–Kier alpha value is -0.610. The highest BCUT2D eigenvalue weighted by Crippen LogP contribution is 2.44. The van der Waals surface area contributed by atoms with Crippen molar-refractivity contribution in [3.63, 3.8) is 0 Å². The summed E-state index contributed by atoms with van der Waals surface area (Å²) in [5, 5.41) is 3.43. The van der Waals surface area contributed by atoms with Crippen molar-refractivity contribution in [3.05, 3.63) is 0 Å². The molecule has 1 amide bonds. The van der Waals surface area contributed by atoms with Crippen molar-refractivity contribution >= 4 is 5.91 Å². The van der Waals surface area contributed by atoms with E-state index in [1.165, 1.54) is 32.1 Å². The molecular formula is C16H27N3O. The van der Waals surface area contributed by atoms with Gasteiger partial charge in [-0.05, 0) is 51.9 Å². The normalized spacial score (nSPS) is 36.2. The Morgan fingerprint density at radius 2 is 1.80 bits per heavy atom. The van der Waals surface area contributed by atoms with Crippen LogP contribution in [0.3, 0.4) is 0 Å². The lowest BCUT2D eigenvalue weighted by Crippen LogP contribution is -2.67. The zero-order chi connectivity index (χ0) is 13.9. The van der Waals surface area contributed by atoms with Crippen molar-refractivity contribution in [3.8, 4) is 0 Å². The Morgan fingerprint density at radius 3 is 2.30 bits per heavy atom. The molecule has 0 bridgehead atoms. The van der Waals surface area contributed by atoms with Crippen LogP contribution in [-0.4, -0.2) is 59.0 Å². The van der Waals surface area contributed by atoms with E-state index < -0.39 is 0 Å². The molecular weight excluding hydrogens is 250 g/mol. The van der Waals surface area contributed by atoms with E-state index >= 15 is 0 Å². The van der Waals surface area contributed by atoms with Crippen molar-refractivity contribution in [1.29, 1.82) is 0 Å². The summed E-state index contributed by atoms with van der Waals surface area (Å²) in [6, 6.07) is 1.33. The molecule has 3 aliphatic heterocycles. The molecule has 1 saturated carbocycles. The van der Waals surface area contributed by atoms with E-state index in [4.69, 9.17) is 0 Å². The number of hydrogen-bond acceptors (Lipinski definition) is 3. The third-order valence-corrected chi connectivity index (χ3v) is 6.12. The van der Waals surface area contributed by atoms with Gasteiger partial charge in [0.1, 0.15) is 6.04 Å². The number of nitrogens with one attached hydrogen (secondary N) is 1. The summed E-state index contributed by atoms with van der Waals surface area (Å²) in [7, 11) is 0. The second kappa shape index (κ2) is 4.44. The van der Waals surface area contributed by atoms with Gasteiger partial charge in [0.2, 0.25) is 5.91 Å². The zero-order valence-corrected chi connectivity index (χ0v) is 12.8. The maximum Gasteiger partial charge on any atom is 0.241 e. The van der Waals surface area contributed by atoms with E-state index in [0.29, 0.717) is 18.0 Å². The molecule has 112 valence electrons. The van der Waals surface area contributed by atoms with Crippen LogP contribution in [0.25, 0.3) is 0 Å². The molecule has 0 aromatic rings. The number of likely N-dealkylation sites (tertiary alicyclic amines) is 2. The van der Waals surface area contributed by atoms with E-state index in [-0.39, 0.29) is 11.6 Å². The first-order valence-corrected chi connectivity index (χ1v) is 8.42. The van der Waals surface area contributed by atoms with Gasteiger partial charge >= 0.3 is 0 Å². The highest BCUT2D eigenvalue weighted by atomic mass is 16.2. The molecule has 3 saturated heterocycles. The number of hydrogen-bond donors (Lipinski definition) is 1. The summed E-state index contributed by atoms with van der Waals surface area (Å²) in [5.41, 5.74) is 0.223. The second-order valence-corrected chi connectivity index (χ2v) is 7.60. The van der Waals surface area contributed by atoms with E-state index in [1.54, 1.807) is 0 Å². The number of carbonyl (C=O) groups excluding carboxylic acids is 1. The van der Waals surface area contributed by atoms with Gasteiger partial charge in [0.05, 0.1) is 0 Å². The smallest absolute Gasteiger partial charge is 0.241 e. The molecule has 2 atom stereocenters. The molecule has 4 heteroatoms. The third kappa shape index (κ3) is 2.00. The van der Waals surface area contributed by atoms with Crippen LogP contribution < -0.4 is 5.32 Å². The molecule has 0 unspecified atom stereocenters. The largest absolute Gasteiger partial charge is 0.335 e. The number of amides is 1. The third-order valence-electron chi connectivity index (χ3n) is 6.12. The van der Waals surface area contributed by atoms with Gasteiger partial charge in [0, 0.05) is 37.3 Å². The van der Waals surface area contributed by atoms with Gasteiger partial charge in [0.15, 0.2) is 0 Å². The first-order chi connectivity index (χ1) is 9.61. The number of rotatable bonds is 3. The van der Waals surface area contributed by atoms with Crippen LogP contribution in [0.2, 0.25) is 0 Å².